The minimum absolute atomic E-state index is 0.158. The van der Waals surface area contributed by atoms with E-state index in [1.54, 1.807) is 7.11 Å². The minimum Gasteiger partial charge on any atom is -0.496 e. The molecule has 0 saturated carbocycles. The second kappa shape index (κ2) is 7.81. The molecule has 21 heavy (non-hydrogen) atoms. The molecule has 1 aromatic rings. The highest BCUT2D eigenvalue weighted by atomic mass is 16.5. The zero-order chi connectivity index (χ0) is 15.1. The van der Waals surface area contributed by atoms with Crippen molar-refractivity contribution in [3.05, 3.63) is 29.8 Å². The lowest BCUT2D eigenvalue weighted by molar-refractivity contribution is 0.0775. The van der Waals surface area contributed by atoms with Gasteiger partial charge in [0.2, 0.25) is 0 Å². The molecular formula is C18H29NO2. The summed E-state index contributed by atoms with van der Waals surface area (Å²) in [5, 5.41) is 3.70. The van der Waals surface area contributed by atoms with Crippen LogP contribution in [-0.4, -0.2) is 32.9 Å². The predicted octanol–water partition coefficient (Wildman–Crippen LogP) is 3.52. The van der Waals surface area contributed by atoms with Crippen molar-refractivity contribution >= 4 is 0 Å². The molecule has 1 heterocycles. The van der Waals surface area contributed by atoms with Crippen molar-refractivity contribution < 1.29 is 9.47 Å². The topological polar surface area (TPSA) is 30.5 Å². The highest BCUT2D eigenvalue weighted by Crippen LogP contribution is 2.36. The van der Waals surface area contributed by atoms with E-state index in [4.69, 9.17) is 9.47 Å². The molecule has 0 amide bonds. The maximum atomic E-state index is 5.55. The monoisotopic (exact) mass is 291 g/mol. The summed E-state index contributed by atoms with van der Waals surface area (Å²) in [6, 6.07) is 9.04. The molecule has 1 aliphatic heterocycles. The molecule has 1 N–H and O–H groups in total. The molecule has 3 heteroatoms. The third kappa shape index (κ3) is 4.21. The number of hydrogen-bond acceptors (Lipinski definition) is 3. The van der Waals surface area contributed by atoms with Crippen molar-refractivity contribution in [2.45, 2.75) is 51.0 Å². The van der Waals surface area contributed by atoms with Crippen LogP contribution in [0.15, 0.2) is 24.3 Å². The molecule has 0 aromatic heterocycles. The summed E-state index contributed by atoms with van der Waals surface area (Å²) in [5.74, 6) is 1.01. The van der Waals surface area contributed by atoms with E-state index in [0.717, 1.165) is 51.2 Å². The zero-order valence-corrected chi connectivity index (χ0v) is 13.7. The van der Waals surface area contributed by atoms with Crippen LogP contribution in [0, 0.1) is 0 Å². The Labute approximate surface area is 129 Å². The average Bonchev–Trinajstić information content (AvgIpc) is 2.55. The lowest BCUT2D eigenvalue weighted by atomic mass is 9.76. The van der Waals surface area contributed by atoms with Crippen LogP contribution in [0.4, 0.5) is 0 Å². The third-order valence-electron chi connectivity index (χ3n) is 4.87. The Hall–Kier alpha value is -1.06. The first-order valence-corrected chi connectivity index (χ1v) is 8.14. The predicted molar refractivity (Wildman–Crippen MR) is 87.1 cm³/mol. The smallest absolute Gasteiger partial charge is 0.122 e. The number of nitrogens with one attached hydrogen (secondary N) is 1. The lowest BCUT2D eigenvalue weighted by Crippen LogP contribution is -2.37. The molecule has 1 aliphatic rings. The van der Waals surface area contributed by atoms with Crippen molar-refractivity contribution in [1.29, 1.82) is 0 Å². The summed E-state index contributed by atoms with van der Waals surface area (Å²) >= 11 is 0. The summed E-state index contributed by atoms with van der Waals surface area (Å²) in [6.07, 6.45) is 4.51. The fourth-order valence-corrected chi connectivity index (χ4v) is 3.10. The number of benzene rings is 1. The van der Waals surface area contributed by atoms with Crippen LogP contribution in [0.3, 0.4) is 0 Å². The van der Waals surface area contributed by atoms with E-state index in [0.29, 0.717) is 6.04 Å². The van der Waals surface area contributed by atoms with Crippen LogP contribution in [0.25, 0.3) is 0 Å². The van der Waals surface area contributed by atoms with Crippen molar-refractivity contribution in [3.63, 3.8) is 0 Å². The van der Waals surface area contributed by atoms with Gasteiger partial charge in [-0.25, -0.2) is 0 Å². The fourth-order valence-electron chi connectivity index (χ4n) is 3.10. The zero-order valence-electron chi connectivity index (χ0n) is 13.7. The molecule has 0 spiro atoms. The second-order valence-electron chi connectivity index (χ2n) is 6.21. The maximum absolute atomic E-state index is 5.55. The first-order valence-electron chi connectivity index (χ1n) is 8.14. The minimum atomic E-state index is 0.158. The highest BCUT2D eigenvalue weighted by Gasteiger charge is 2.27. The molecule has 118 valence electrons. The maximum Gasteiger partial charge on any atom is 0.122 e. The van der Waals surface area contributed by atoms with Crippen molar-refractivity contribution in [1.82, 2.24) is 5.32 Å². The van der Waals surface area contributed by atoms with Gasteiger partial charge in [-0.2, -0.15) is 0 Å². The first-order chi connectivity index (χ1) is 10.2. The van der Waals surface area contributed by atoms with E-state index in [1.165, 1.54) is 5.56 Å². The van der Waals surface area contributed by atoms with E-state index in [9.17, 15) is 0 Å². The van der Waals surface area contributed by atoms with Gasteiger partial charge in [-0.05, 0) is 43.7 Å². The number of hydrogen-bond donors (Lipinski definition) is 1. The Morgan fingerprint density at radius 1 is 1.29 bits per heavy atom. The Morgan fingerprint density at radius 2 is 2.00 bits per heavy atom. The molecule has 1 aromatic carbocycles. The van der Waals surface area contributed by atoms with E-state index in [2.05, 4.69) is 37.4 Å². The Morgan fingerprint density at radius 3 is 2.67 bits per heavy atom. The van der Waals surface area contributed by atoms with E-state index in [1.807, 2.05) is 6.07 Å². The second-order valence-corrected chi connectivity index (χ2v) is 6.21. The first kappa shape index (κ1) is 16.3. The van der Waals surface area contributed by atoms with Crippen LogP contribution in [0.1, 0.15) is 45.1 Å². The van der Waals surface area contributed by atoms with Crippen LogP contribution in [-0.2, 0) is 10.2 Å². The molecular weight excluding hydrogens is 262 g/mol. The van der Waals surface area contributed by atoms with Gasteiger partial charge in [-0.1, -0.05) is 32.0 Å². The summed E-state index contributed by atoms with van der Waals surface area (Å²) in [7, 11) is 1.76. The normalized spacial score (nSPS) is 19.2. The van der Waals surface area contributed by atoms with Crippen molar-refractivity contribution in [2.24, 2.45) is 0 Å². The molecule has 3 nitrogen and oxygen atoms in total. The van der Waals surface area contributed by atoms with Gasteiger partial charge in [0.05, 0.1) is 7.11 Å². The molecule has 0 aliphatic carbocycles. The number of ether oxygens (including phenoxy) is 2. The van der Waals surface area contributed by atoms with Gasteiger partial charge in [0.25, 0.3) is 0 Å². The largest absolute Gasteiger partial charge is 0.496 e. The standard InChI is InChI=1S/C18H29NO2/c1-4-18(2,16-7-5-6-8-17(16)20-3)11-12-19-15-9-13-21-14-10-15/h5-8,15,19H,4,9-14H2,1-3H3. The summed E-state index contributed by atoms with van der Waals surface area (Å²) in [6.45, 7) is 7.45. The SMILES string of the molecule is CCC(C)(CCNC1CCOCC1)c1ccccc1OC. The Bertz CT molecular complexity index is 429. The third-order valence-corrected chi connectivity index (χ3v) is 4.87. The summed E-state index contributed by atoms with van der Waals surface area (Å²) < 4.78 is 11.0. The molecule has 1 saturated heterocycles. The van der Waals surface area contributed by atoms with Gasteiger partial charge < -0.3 is 14.8 Å². The van der Waals surface area contributed by atoms with Crippen LogP contribution in [0.5, 0.6) is 5.75 Å². The fraction of sp³-hybridized carbons (Fsp3) is 0.667. The van der Waals surface area contributed by atoms with Gasteiger partial charge in [0.15, 0.2) is 0 Å². The van der Waals surface area contributed by atoms with E-state index >= 15 is 0 Å². The number of rotatable bonds is 7. The molecule has 0 radical (unpaired) electrons. The van der Waals surface area contributed by atoms with Gasteiger partial charge in [0, 0.05) is 24.8 Å². The van der Waals surface area contributed by atoms with Gasteiger partial charge >= 0.3 is 0 Å². The lowest BCUT2D eigenvalue weighted by Gasteiger charge is -2.32. The number of para-hydroxylation sites is 1. The Kier molecular flexibility index (Phi) is 6.07. The summed E-state index contributed by atoms with van der Waals surface area (Å²) in [5.41, 5.74) is 1.48. The molecule has 0 bridgehead atoms. The quantitative estimate of drug-likeness (QED) is 0.834. The highest BCUT2D eigenvalue weighted by molar-refractivity contribution is 5.39. The molecule has 2 rings (SSSR count). The average molecular weight is 291 g/mol. The summed E-state index contributed by atoms with van der Waals surface area (Å²) in [4.78, 5) is 0. The van der Waals surface area contributed by atoms with E-state index < -0.39 is 0 Å². The number of methoxy groups -OCH3 is 1. The molecule has 1 unspecified atom stereocenters. The van der Waals surface area contributed by atoms with Crippen LogP contribution in [0.2, 0.25) is 0 Å². The van der Waals surface area contributed by atoms with Crippen LogP contribution >= 0.6 is 0 Å². The van der Waals surface area contributed by atoms with Gasteiger partial charge in [-0.3, -0.25) is 0 Å². The molecule has 1 fully saturated rings. The van der Waals surface area contributed by atoms with Gasteiger partial charge in [0.1, 0.15) is 5.75 Å². The van der Waals surface area contributed by atoms with Crippen molar-refractivity contribution in [2.75, 3.05) is 26.9 Å². The van der Waals surface area contributed by atoms with Crippen LogP contribution < -0.4 is 10.1 Å². The van der Waals surface area contributed by atoms with Crippen molar-refractivity contribution in [3.8, 4) is 5.75 Å². The molecule has 1 atom stereocenters. The Balaban J connectivity index is 1.96. The van der Waals surface area contributed by atoms with Gasteiger partial charge in [-0.15, -0.1) is 0 Å². The van der Waals surface area contributed by atoms with E-state index in [-0.39, 0.29) is 5.41 Å².